The molecule has 0 saturated carbocycles. The first kappa shape index (κ1) is 35.5. The molecule has 1 aliphatic heterocycles. The van der Waals surface area contributed by atoms with E-state index in [1.165, 1.54) is 30.1 Å². The fraction of sp³-hybridized carbons (Fsp3) is 0.286. The zero-order valence-corrected chi connectivity index (χ0v) is 31.0. The zero-order valence-electron chi connectivity index (χ0n) is 27.1. The molecule has 0 bridgehead atoms. The number of carbonyl (C=O) groups is 1. The number of hydrogen-bond acceptors (Lipinski definition) is 9. The lowest BCUT2D eigenvalue weighted by Crippen LogP contribution is -2.40. The summed E-state index contributed by atoms with van der Waals surface area (Å²) < 4.78 is 31.5. The van der Waals surface area contributed by atoms with Gasteiger partial charge in [0.15, 0.2) is 27.8 Å². The molecule has 2 heterocycles. The molecule has 9 nitrogen and oxygen atoms in total. The van der Waals surface area contributed by atoms with Crippen molar-refractivity contribution < 1.29 is 28.5 Å². The fourth-order valence-corrected chi connectivity index (χ4v) is 7.20. The average Bonchev–Trinajstić information content (AvgIpc) is 3.34. The smallest absolute Gasteiger partial charge is 0.338 e. The molecule has 0 fully saturated rings. The van der Waals surface area contributed by atoms with E-state index in [2.05, 4.69) is 20.9 Å². The second kappa shape index (κ2) is 15.2. The number of ether oxygens (including phenoxy) is 5. The molecule has 0 N–H and O–H groups in total. The summed E-state index contributed by atoms with van der Waals surface area (Å²) >= 11 is 17.2. The molecule has 0 aliphatic carbocycles. The van der Waals surface area contributed by atoms with Gasteiger partial charge in [-0.2, -0.15) is 0 Å². The van der Waals surface area contributed by atoms with Crippen molar-refractivity contribution in [3.63, 3.8) is 0 Å². The van der Waals surface area contributed by atoms with Crippen LogP contribution in [0.3, 0.4) is 0 Å². The van der Waals surface area contributed by atoms with Gasteiger partial charge in [0.05, 0.1) is 48.8 Å². The van der Waals surface area contributed by atoms with Crippen LogP contribution in [0.15, 0.2) is 74.1 Å². The van der Waals surface area contributed by atoms with E-state index >= 15 is 0 Å². The standard InChI is InChI=1S/C35H33BrCl2N2O7S/c1-7-45-34(42)30-19(4)39-35-40(31(30)20-9-11-26(47-18(2)3)27(13-20)43-5)33(41)29(48-35)14-22-12-23(36)15-28(44-6)32(22)46-17-21-8-10-24(37)16-25(21)38/h8-16,18,31H,7,17H2,1-6H3/b29-14+/t31-/m1/s1. The summed E-state index contributed by atoms with van der Waals surface area (Å²) in [6, 6.07) is 13.3. The molecule has 1 aliphatic rings. The minimum absolute atomic E-state index is 0.0895. The lowest BCUT2D eigenvalue weighted by molar-refractivity contribution is -0.139. The molecule has 0 radical (unpaired) electrons. The Morgan fingerprint density at radius 2 is 1.81 bits per heavy atom. The van der Waals surface area contributed by atoms with Crippen LogP contribution in [0.25, 0.3) is 6.08 Å². The highest BCUT2D eigenvalue weighted by atomic mass is 79.9. The largest absolute Gasteiger partial charge is 0.493 e. The maximum Gasteiger partial charge on any atom is 0.338 e. The Kier molecular flexibility index (Phi) is 11.2. The molecule has 0 unspecified atom stereocenters. The number of methoxy groups -OCH3 is 2. The van der Waals surface area contributed by atoms with Crippen molar-refractivity contribution in [3.8, 4) is 23.0 Å². The number of esters is 1. The Morgan fingerprint density at radius 3 is 2.48 bits per heavy atom. The van der Waals surface area contributed by atoms with Gasteiger partial charge < -0.3 is 23.7 Å². The topological polar surface area (TPSA) is 97.6 Å². The Morgan fingerprint density at radius 1 is 1.06 bits per heavy atom. The zero-order chi connectivity index (χ0) is 34.7. The number of carbonyl (C=O) groups excluding carboxylic acids is 1. The van der Waals surface area contributed by atoms with Gasteiger partial charge in [0.2, 0.25) is 0 Å². The molecule has 0 spiro atoms. The highest BCUT2D eigenvalue weighted by Gasteiger charge is 2.34. The van der Waals surface area contributed by atoms with E-state index in [9.17, 15) is 9.59 Å². The van der Waals surface area contributed by atoms with Gasteiger partial charge in [-0.05, 0) is 75.7 Å². The Hall–Kier alpha value is -3.77. The first-order chi connectivity index (χ1) is 22.9. The van der Waals surface area contributed by atoms with Crippen LogP contribution < -0.4 is 33.8 Å². The lowest BCUT2D eigenvalue weighted by atomic mass is 9.95. The maximum absolute atomic E-state index is 14.3. The summed E-state index contributed by atoms with van der Waals surface area (Å²) in [5.74, 6) is 1.29. The number of aromatic nitrogens is 1. The van der Waals surface area contributed by atoms with E-state index in [4.69, 9.17) is 46.9 Å². The van der Waals surface area contributed by atoms with Crippen LogP contribution in [0.1, 0.15) is 50.4 Å². The number of fused-ring (bicyclic) bond motifs is 1. The monoisotopic (exact) mass is 774 g/mol. The summed E-state index contributed by atoms with van der Waals surface area (Å²) in [4.78, 5) is 32.8. The molecule has 0 saturated heterocycles. The van der Waals surface area contributed by atoms with Gasteiger partial charge >= 0.3 is 5.97 Å². The van der Waals surface area contributed by atoms with Gasteiger partial charge in [0.25, 0.3) is 5.56 Å². The number of hydrogen-bond donors (Lipinski definition) is 0. The third kappa shape index (κ3) is 7.44. The van der Waals surface area contributed by atoms with Gasteiger partial charge in [-0.3, -0.25) is 9.36 Å². The summed E-state index contributed by atoms with van der Waals surface area (Å²) in [6.45, 7) is 7.58. The van der Waals surface area contributed by atoms with Crippen molar-refractivity contribution in [2.24, 2.45) is 4.99 Å². The van der Waals surface area contributed by atoms with E-state index in [0.717, 1.165) is 5.56 Å². The van der Waals surface area contributed by atoms with Crippen molar-refractivity contribution in [2.45, 2.75) is 46.4 Å². The molecule has 4 aromatic rings. The van der Waals surface area contributed by atoms with Crippen LogP contribution in [-0.2, 0) is 16.1 Å². The fourth-order valence-electron chi connectivity index (χ4n) is 5.24. The normalized spacial score (nSPS) is 14.5. The first-order valence-electron chi connectivity index (χ1n) is 14.9. The number of rotatable bonds is 11. The van der Waals surface area contributed by atoms with Gasteiger partial charge in [0, 0.05) is 25.6 Å². The molecular weight excluding hydrogens is 743 g/mol. The predicted octanol–water partition coefficient (Wildman–Crippen LogP) is 7.25. The Balaban J connectivity index is 1.67. The summed E-state index contributed by atoms with van der Waals surface area (Å²) in [7, 11) is 3.07. The molecule has 0 amide bonds. The Labute approximate surface area is 300 Å². The van der Waals surface area contributed by atoms with E-state index in [1.54, 1.807) is 56.3 Å². The third-order valence-corrected chi connectivity index (χ3v) is 9.35. The van der Waals surface area contributed by atoms with Crippen molar-refractivity contribution in [2.75, 3.05) is 20.8 Å². The van der Waals surface area contributed by atoms with Crippen LogP contribution in [0.5, 0.6) is 23.0 Å². The van der Waals surface area contributed by atoms with Crippen LogP contribution in [0.4, 0.5) is 0 Å². The number of nitrogens with zero attached hydrogens (tertiary/aromatic N) is 2. The number of allylic oxidation sites excluding steroid dienone is 1. The highest BCUT2D eigenvalue weighted by molar-refractivity contribution is 9.10. The molecule has 13 heteroatoms. The Bertz CT molecular complexity index is 2090. The van der Waals surface area contributed by atoms with Gasteiger partial charge in [0.1, 0.15) is 6.61 Å². The predicted molar refractivity (Wildman–Crippen MR) is 191 cm³/mol. The van der Waals surface area contributed by atoms with Crippen molar-refractivity contribution >= 4 is 62.5 Å². The quantitative estimate of drug-likeness (QED) is 0.148. The van der Waals surface area contributed by atoms with E-state index in [0.29, 0.717) is 63.7 Å². The lowest BCUT2D eigenvalue weighted by Gasteiger charge is -2.25. The molecule has 252 valence electrons. The van der Waals surface area contributed by atoms with E-state index in [-0.39, 0.29) is 30.5 Å². The van der Waals surface area contributed by atoms with E-state index < -0.39 is 12.0 Å². The molecule has 1 aromatic heterocycles. The van der Waals surface area contributed by atoms with Gasteiger partial charge in [-0.1, -0.05) is 62.6 Å². The number of thiazole rings is 1. The molecule has 3 aromatic carbocycles. The van der Waals surface area contributed by atoms with E-state index in [1.807, 2.05) is 26.0 Å². The highest BCUT2D eigenvalue weighted by Crippen LogP contribution is 2.38. The second-order valence-electron chi connectivity index (χ2n) is 10.9. The van der Waals surface area contributed by atoms with Crippen molar-refractivity contribution in [1.82, 2.24) is 4.57 Å². The molecule has 1 atom stereocenters. The van der Waals surface area contributed by atoms with Crippen LogP contribution in [0.2, 0.25) is 10.0 Å². The van der Waals surface area contributed by atoms with Gasteiger partial charge in [-0.15, -0.1) is 0 Å². The molecule has 5 rings (SSSR count). The maximum atomic E-state index is 14.3. The van der Waals surface area contributed by atoms with Crippen molar-refractivity contribution in [3.05, 3.63) is 111 Å². The first-order valence-corrected chi connectivity index (χ1v) is 17.3. The molecular formula is C35H33BrCl2N2O7S. The van der Waals surface area contributed by atoms with Crippen molar-refractivity contribution in [1.29, 1.82) is 0 Å². The SMILES string of the molecule is CCOC(=O)C1=C(C)N=c2s/c(=C/c3cc(Br)cc(OC)c3OCc3ccc(Cl)cc3Cl)c(=O)n2[C@@H]1c1ccc(OC(C)C)c(OC)c1. The second-order valence-corrected chi connectivity index (χ2v) is 13.7. The summed E-state index contributed by atoms with van der Waals surface area (Å²) in [5.41, 5.74) is 2.26. The summed E-state index contributed by atoms with van der Waals surface area (Å²) in [5, 5.41) is 0.973. The minimum atomic E-state index is -0.843. The van der Waals surface area contributed by atoms with Gasteiger partial charge in [-0.25, -0.2) is 9.79 Å². The minimum Gasteiger partial charge on any atom is -0.493 e. The van der Waals surface area contributed by atoms with Crippen LogP contribution in [-0.4, -0.2) is 37.5 Å². The van der Waals surface area contributed by atoms with Crippen LogP contribution >= 0.6 is 50.5 Å². The third-order valence-electron chi connectivity index (χ3n) is 7.33. The average molecular weight is 777 g/mol. The summed E-state index contributed by atoms with van der Waals surface area (Å²) in [6.07, 6.45) is 1.63. The molecule has 48 heavy (non-hydrogen) atoms. The number of benzene rings is 3. The van der Waals surface area contributed by atoms with Crippen LogP contribution in [0, 0.1) is 0 Å². The number of halogens is 3.